The molecule has 3 aromatic heterocycles. The van der Waals surface area contributed by atoms with Gasteiger partial charge in [0.2, 0.25) is 0 Å². The number of H-pyrrole nitrogens is 1. The zero-order valence-electron chi connectivity index (χ0n) is 21.5. The van der Waals surface area contributed by atoms with E-state index in [1.165, 1.54) is 11.1 Å². The lowest BCUT2D eigenvalue weighted by molar-refractivity contribution is 0.0597. The molecule has 190 valence electrons. The minimum atomic E-state index is -0.775. The summed E-state index contributed by atoms with van der Waals surface area (Å²) in [5.74, 6) is 0.920. The van der Waals surface area contributed by atoms with Crippen molar-refractivity contribution in [3.63, 3.8) is 0 Å². The normalized spacial score (nSPS) is 13.1. The van der Waals surface area contributed by atoms with Gasteiger partial charge in [-0.3, -0.25) is 0 Å². The van der Waals surface area contributed by atoms with Crippen molar-refractivity contribution in [1.82, 2.24) is 19.9 Å². The maximum atomic E-state index is 13.7. The van der Waals surface area contributed by atoms with Crippen LogP contribution in [0.25, 0.3) is 22.2 Å². The molecule has 38 heavy (non-hydrogen) atoms. The van der Waals surface area contributed by atoms with Crippen LogP contribution >= 0.6 is 0 Å². The maximum absolute atomic E-state index is 13.7. The number of nitrogens with zero attached hydrogens (tertiary/aromatic N) is 6. The second-order valence-electron chi connectivity index (χ2n) is 10.3. The first-order chi connectivity index (χ1) is 18.3. The molecule has 1 saturated carbocycles. The van der Waals surface area contributed by atoms with E-state index in [1.54, 1.807) is 45.4 Å². The number of benzene rings is 1. The van der Waals surface area contributed by atoms with Crippen molar-refractivity contribution in [1.29, 1.82) is 10.5 Å². The number of amides is 1. The van der Waals surface area contributed by atoms with Crippen molar-refractivity contribution in [2.45, 2.75) is 58.0 Å². The number of imidazole rings is 1. The molecule has 1 fully saturated rings. The van der Waals surface area contributed by atoms with Gasteiger partial charge in [-0.15, -0.1) is 0 Å². The van der Waals surface area contributed by atoms with Crippen molar-refractivity contribution in [3.05, 3.63) is 65.7 Å². The number of anilines is 2. The average molecular weight is 506 g/mol. The first-order valence-corrected chi connectivity index (χ1v) is 12.5. The van der Waals surface area contributed by atoms with Gasteiger partial charge in [-0.25, -0.2) is 24.6 Å². The van der Waals surface area contributed by atoms with Gasteiger partial charge in [0.25, 0.3) is 0 Å². The Balaban J connectivity index is 1.79. The molecule has 0 spiro atoms. The third kappa shape index (κ3) is 5.05. The minimum absolute atomic E-state index is 0.236. The molecule has 9 nitrogen and oxygen atoms in total. The van der Waals surface area contributed by atoms with Gasteiger partial charge in [-0.05, 0) is 93.0 Å². The number of fused-ring (bicyclic) bond motifs is 1. The second-order valence-corrected chi connectivity index (χ2v) is 10.3. The summed E-state index contributed by atoms with van der Waals surface area (Å²) in [5, 5.41) is 18.9. The standard InChI is InChI=1S/C29H27N7O2/c1-29(2,3)38-28(37)36(25-13-18(16-31)8-11-32-25)27-26(21(9-12-33-27)19-6-7-19)22-15-24-23(34-17-35-24)14-20(22)5-4-10-30/h8-9,11-15,17,19H,4-7H2,1-3H3,(H,34,35). The van der Waals surface area contributed by atoms with E-state index in [9.17, 15) is 15.3 Å². The predicted molar refractivity (Wildman–Crippen MR) is 143 cm³/mol. The number of aryl methyl sites for hydroxylation is 1. The second kappa shape index (κ2) is 9.95. The van der Waals surface area contributed by atoms with Crippen LogP contribution < -0.4 is 4.90 Å². The summed E-state index contributed by atoms with van der Waals surface area (Å²) in [6, 6.07) is 13.5. The van der Waals surface area contributed by atoms with E-state index < -0.39 is 11.7 Å². The van der Waals surface area contributed by atoms with E-state index in [2.05, 4.69) is 27.1 Å². The lowest BCUT2D eigenvalue weighted by Crippen LogP contribution is -2.35. The van der Waals surface area contributed by atoms with Crippen molar-refractivity contribution in [3.8, 4) is 23.3 Å². The summed E-state index contributed by atoms with van der Waals surface area (Å²) >= 11 is 0. The quantitative estimate of drug-likeness (QED) is 0.325. The largest absolute Gasteiger partial charge is 0.443 e. The first-order valence-electron chi connectivity index (χ1n) is 12.5. The Bertz CT molecular complexity index is 1600. The van der Waals surface area contributed by atoms with E-state index in [4.69, 9.17) is 9.72 Å². The fourth-order valence-electron chi connectivity index (χ4n) is 4.51. The number of ether oxygens (including phenoxy) is 1. The van der Waals surface area contributed by atoms with E-state index >= 15 is 0 Å². The van der Waals surface area contributed by atoms with Crippen LogP contribution in [0.4, 0.5) is 16.4 Å². The molecule has 0 bridgehead atoms. The summed E-state index contributed by atoms with van der Waals surface area (Å²) in [5.41, 5.74) is 4.87. The van der Waals surface area contributed by atoms with Crippen LogP contribution in [0.2, 0.25) is 0 Å². The summed E-state index contributed by atoms with van der Waals surface area (Å²) in [4.78, 5) is 31.8. The summed E-state index contributed by atoms with van der Waals surface area (Å²) in [6.07, 6.45) is 7.09. The smallest absolute Gasteiger partial charge is 0.421 e. The molecule has 9 heteroatoms. The highest BCUT2D eigenvalue weighted by Crippen LogP contribution is 2.49. The molecule has 1 N–H and O–H groups in total. The van der Waals surface area contributed by atoms with Gasteiger partial charge in [0.05, 0.1) is 35.1 Å². The molecule has 1 aromatic carbocycles. The van der Waals surface area contributed by atoms with Crippen LogP contribution in [-0.4, -0.2) is 31.6 Å². The zero-order chi connectivity index (χ0) is 26.9. The van der Waals surface area contributed by atoms with Gasteiger partial charge in [0, 0.05) is 24.4 Å². The van der Waals surface area contributed by atoms with Gasteiger partial charge in [-0.1, -0.05) is 0 Å². The van der Waals surface area contributed by atoms with Crippen molar-refractivity contribution < 1.29 is 9.53 Å². The Kier molecular flexibility index (Phi) is 6.52. The summed E-state index contributed by atoms with van der Waals surface area (Å²) < 4.78 is 5.81. The Hall–Kier alpha value is -4.76. The molecule has 5 rings (SSSR count). The van der Waals surface area contributed by atoms with E-state index in [1.807, 2.05) is 18.2 Å². The fraction of sp³-hybridized carbons (Fsp3) is 0.310. The monoisotopic (exact) mass is 505 g/mol. The van der Waals surface area contributed by atoms with Crippen LogP contribution in [0.15, 0.2) is 49.1 Å². The third-order valence-corrected chi connectivity index (χ3v) is 6.29. The number of rotatable bonds is 6. The van der Waals surface area contributed by atoms with E-state index in [0.29, 0.717) is 30.1 Å². The zero-order valence-corrected chi connectivity index (χ0v) is 21.5. The maximum Gasteiger partial charge on any atom is 0.421 e. The van der Waals surface area contributed by atoms with Crippen LogP contribution in [0, 0.1) is 22.7 Å². The number of hydrogen-bond acceptors (Lipinski definition) is 7. The molecule has 0 aliphatic heterocycles. The van der Waals surface area contributed by atoms with Crippen LogP contribution in [0.5, 0.6) is 0 Å². The summed E-state index contributed by atoms with van der Waals surface area (Å²) in [6.45, 7) is 5.38. The van der Waals surface area contributed by atoms with E-state index in [-0.39, 0.29) is 5.82 Å². The third-order valence-electron chi connectivity index (χ3n) is 6.29. The van der Waals surface area contributed by atoms with E-state index in [0.717, 1.165) is 46.1 Å². The average Bonchev–Trinajstić information content (AvgIpc) is 3.63. The number of hydrogen-bond donors (Lipinski definition) is 1. The van der Waals surface area contributed by atoms with Gasteiger partial charge in [0.1, 0.15) is 11.4 Å². The lowest BCUT2D eigenvalue weighted by atomic mass is 9.91. The Morgan fingerprint density at radius 3 is 2.63 bits per heavy atom. The van der Waals surface area contributed by atoms with Gasteiger partial charge in [-0.2, -0.15) is 10.5 Å². The molecule has 1 aliphatic rings. The van der Waals surface area contributed by atoms with Crippen LogP contribution in [0.3, 0.4) is 0 Å². The molecule has 0 atom stereocenters. The molecular formula is C29H27N7O2. The van der Waals surface area contributed by atoms with Crippen molar-refractivity contribution in [2.75, 3.05) is 4.90 Å². The highest BCUT2D eigenvalue weighted by molar-refractivity contribution is 6.00. The highest BCUT2D eigenvalue weighted by atomic mass is 16.6. The molecule has 1 amide bonds. The topological polar surface area (TPSA) is 132 Å². The SMILES string of the molecule is CC(C)(C)OC(=O)N(c1cc(C#N)ccn1)c1nccc(C2CC2)c1-c1cc2nc[nH]c2cc1CCC#N. The van der Waals surface area contributed by atoms with Crippen LogP contribution in [0.1, 0.15) is 62.6 Å². The predicted octanol–water partition coefficient (Wildman–Crippen LogP) is 6.30. The van der Waals surface area contributed by atoms with Crippen molar-refractivity contribution >= 4 is 28.8 Å². The Labute approximate surface area is 220 Å². The number of pyridine rings is 2. The molecule has 0 radical (unpaired) electrons. The van der Waals surface area contributed by atoms with Crippen LogP contribution in [-0.2, 0) is 11.2 Å². The number of carbonyl (C=O) groups excluding carboxylic acids is 1. The number of aromatic nitrogens is 4. The van der Waals surface area contributed by atoms with Gasteiger partial charge in [0.15, 0.2) is 5.82 Å². The number of nitriles is 2. The Morgan fingerprint density at radius 2 is 1.92 bits per heavy atom. The lowest BCUT2D eigenvalue weighted by Gasteiger charge is -2.28. The van der Waals surface area contributed by atoms with Gasteiger partial charge >= 0.3 is 6.09 Å². The summed E-state index contributed by atoms with van der Waals surface area (Å²) in [7, 11) is 0. The minimum Gasteiger partial charge on any atom is -0.443 e. The fourth-order valence-corrected chi connectivity index (χ4v) is 4.51. The molecular weight excluding hydrogens is 478 g/mol. The highest BCUT2D eigenvalue weighted by Gasteiger charge is 2.34. The molecule has 3 heterocycles. The van der Waals surface area contributed by atoms with Crippen molar-refractivity contribution in [2.24, 2.45) is 0 Å². The molecule has 4 aromatic rings. The molecule has 1 aliphatic carbocycles. The molecule has 0 saturated heterocycles. The van der Waals surface area contributed by atoms with Gasteiger partial charge < -0.3 is 9.72 Å². The number of aromatic amines is 1. The Morgan fingerprint density at radius 1 is 1.13 bits per heavy atom. The number of carbonyl (C=O) groups is 1. The first kappa shape index (κ1) is 24.9. The molecule has 0 unspecified atom stereocenters. The number of nitrogens with one attached hydrogen (secondary N) is 1.